The van der Waals surface area contributed by atoms with Gasteiger partial charge in [0.05, 0.1) is 11.5 Å². The van der Waals surface area contributed by atoms with E-state index in [0.717, 1.165) is 43.9 Å². The van der Waals surface area contributed by atoms with E-state index in [0.29, 0.717) is 5.75 Å². The predicted octanol–water partition coefficient (Wildman–Crippen LogP) is 6.82. The van der Waals surface area contributed by atoms with Crippen LogP contribution in [0.25, 0.3) is 22.2 Å². The molecule has 0 atom stereocenters. The fourth-order valence-electron chi connectivity index (χ4n) is 5.41. The molecule has 34 heavy (non-hydrogen) atoms. The first-order chi connectivity index (χ1) is 16.7. The number of ether oxygens (including phenoxy) is 1. The number of likely N-dealkylation sites (tertiary alicyclic amines) is 1. The first kappa shape index (κ1) is 22.8. The van der Waals surface area contributed by atoms with Crippen LogP contribution in [-0.4, -0.2) is 40.8 Å². The Hall–Kier alpha value is -2.98. The lowest BCUT2D eigenvalue weighted by molar-refractivity contribution is 0.153. The maximum absolute atomic E-state index is 9.78. The number of benzene rings is 2. The Balaban J connectivity index is 1.31. The number of hydrogen-bond donors (Lipinski definition) is 1. The van der Waals surface area contributed by atoms with Crippen molar-refractivity contribution in [1.82, 2.24) is 9.47 Å². The zero-order chi connectivity index (χ0) is 23.3. The van der Waals surface area contributed by atoms with Crippen molar-refractivity contribution in [2.45, 2.75) is 52.0 Å². The first-order valence-electron chi connectivity index (χ1n) is 12.8. The number of para-hydroxylation sites is 1. The van der Waals surface area contributed by atoms with Gasteiger partial charge >= 0.3 is 0 Å². The van der Waals surface area contributed by atoms with Crippen molar-refractivity contribution in [3.8, 4) is 17.0 Å². The minimum absolute atomic E-state index is 0.299. The van der Waals surface area contributed by atoms with Gasteiger partial charge in [0.1, 0.15) is 12.4 Å². The molecular weight excluding hydrogens is 420 g/mol. The molecule has 0 bridgehead atoms. The molecule has 0 amide bonds. The highest BCUT2D eigenvalue weighted by Gasteiger charge is 2.18. The number of hydrogen-bond acceptors (Lipinski definition) is 3. The summed E-state index contributed by atoms with van der Waals surface area (Å²) in [5.74, 6) is 1.42. The van der Waals surface area contributed by atoms with Crippen LogP contribution in [0.5, 0.6) is 5.75 Å². The van der Waals surface area contributed by atoms with Gasteiger partial charge in [-0.05, 0) is 92.4 Å². The highest BCUT2D eigenvalue weighted by molar-refractivity contribution is 5.91. The zero-order valence-corrected chi connectivity index (χ0v) is 20.3. The van der Waals surface area contributed by atoms with Crippen LogP contribution in [0.3, 0.4) is 0 Å². The highest BCUT2D eigenvalue weighted by atomic mass is 16.5. The van der Waals surface area contributed by atoms with E-state index < -0.39 is 0 Å². The molecule has 1 N–H and O–H groups in total. The molecule has 5 rings (SSSR count). The fourth-order valence-corrected chi connectivity index (χ4v) is 5.41. The average Bonchev–Trinajstić information content (AvgIpc) is 3.00. The molecule has 4 heteroatoms. The third kappa shape index (κ3) is 5.07. The molecule has 0 unspecified atom stereocenters. The van der Waals surface area contributed by atoms with Crippen molar-refractivity contribution in [3.63, 3.8) is 0 Å². The number of phenolic OH excluding ortho intramolecular Hbond substituents is 1. The van der Waals surface area contributed by atoms with Gasteiger partial charge < -0.3 is 14.4 Å². The van der Waals surface area contributed by atoms with Crippen molar-refractivity contribution < 1.29 is 9.84 Å². The van der Waals surface area contributed by atoms with Crippen LogP contribution in [0.4, 0.5) is 0 Å². The van der Waals surface area contributed by atoms with Gasteiger partial charge in [0.2, 0.25) is 0 Å². The summed E-state index contributed by atoms with van der Waals surface area (Å²) in [5.41, 5.74) is 6.32. The number of rotatable bonds is 7. The van der Waals surface area contributed by atoms with E-state index in [2.05, 4.69) is 52.8 Å². The summed E-state index contributed by atoms with van der Waals surface area (Å²) in [6, 6.07) is 16.2. The van der Waals surface area contributed by atoms with Crippen LogP contribution in [0.1, 0.15) is 44.1 Å². The van der Waals surface area contributed by atoms with Gasteiger partial charge in [0.25, 0.3) is 0 Å². The Morgan fingerprint density at radius 2 is 1.65 bits per heavy atom. The van der Waals surface area contributed by atoms with Crippen LogP contribution in [0, 0.1) is 6.92 Å². The van der Waals surface area contributed by atoms with Gasteiger partial charge in [-0.3, -0.25) is 4.90 Å². The first-order valence-corrected chi connectivity index (χ1v) is 12.8. The molecule has 178 valence electrons. The molecule has 0 radical (unpaired) electrons. The van der Waals surface area contributed by atoms with E-state index >= 15 is 0 Å². The fraction of sp³-hybridized carbons (Fsp3) is 0.400. The van der Waals surface area contributed by atoms with E-state index in [9.17, 15) is 5.11 Å². The number of nitrogens with zero attached hydrogens (tertiary/aromatic N) is 2. The van der Waals surface area contributed by atoms with Crippen molar-refractivity contribution in [2.75, 3.05) is 26.2 Å². The minimum atomic E-state index is 0.299. The molecule has 2 heterocycles. The SMILES string of the molecule is Cc1c(-c2ccc(O)cc2)n(CC2=CC=C(OCCN3CCCCCC3)CC2)c2ccccc12. The van der Waals surface area contributed by atoms with Crippen molar-refractivity contribution in [1.29, 1.82) is 0 Å². The number of aromatic hydroxyl groups is 1. The molecule has 0 saturated carbocycles. The third-order valence-electron chi connectivity index (χ3n) is 7.32. The molecule has 0 spiro atoms. The summed E-state index contributed by atoms with van der Waals surface area (Å²) in [6.45, 7) is 7.34. The summed E-state index contributed by atoms with van der Waals surface area (Å²) >= 11 is 0. The maximum Gasteiger partial charge on any atom is 0.115 e. The summed E-state index contributed by atoms with van der Waals surface area (Å²) in [6.07, 6.45) is 11.8. The summed E-state index contributed by atoms with van der Waals surface area (Å²) in [4.78, 5) is 2.56. The van der Waals surface area contributed by atoms with Crippen molar-refractivity contribution in [3.05, 3.63) is 77.6 Å². The van der Waals surface area contributed by atoms with Crippen molar-refractivity contribution in [2.24, 2.45) is 0 Å². The lowest BCUT2D eigenvalue weighted by atomic mass is 10.0. The molecular formula is C30H36N2O2. The van der Waals surface area contributed by atoms with E-state index in [-0.39, 0.29) is 0 Å². The topological polar surface area (TPSA) is 37.6 Å². The van der Waals surface area contributed by atoms with Crippen LogP contribution in [0.2, 0.25) is 0 Å². The van der Waals surface area contributed by atoms with Crippen LogP contribution < -0.4 is 0 Å². The quantitative estimate of drug-likeness (QED) is 0.424. The van der Waals surface area contributed by atoms with Gasteiger partial charge in [-0.25, -0.2) is 0 Å². The third-order valence-corrected chi connectivity index (χ3v) is 7.32. The second-order valence-electron chi connectivity index (χ2n) is 9.69. The lowest BCUT2D eigenvalue weighted by Gasteiger charge is -2.22. The smallest absolute Gasteiger partial charge is 0.115 e. The number of fused-ring (bicyclic) bond motifs is 1. The summed E-state index contributed by atoms with van der Waals surface area (Å²) < 4.78 is 8.58. The normalized spacial score (nSPS) is 17.3. The Bertz CT molecular complexity index is 1180. The lowest BCUT2D eigenvalue weighted by Crippen LogP contribution is -2.28. The predicted molar refractivity (Wildman–Crippen MR) is 140 cm³/mol. The Kier molecular flexibility index (Phi) is 7.05. The number of aromatic nitrogens is 1. The Morgan fingerprint density at radius 3 is 2.38 bits per heavy atom. The van der Waals surface area contributed by atoms with Gasteiger partial charge in [-0.1, -0.05) is 37.1 Å². The van der Waals surface area contributed by atoms with Gasteiger partial charge in [-0.15, -0.1) is 0 Å². The Labute approximate surface area is 203 Å². The standard InChI is InChI=1S/C30H36N2O2/c1-23-28-8-4-5-9-29(28)32(30(23)25-12-14-26(33)15-13-25)22-24-10-16-27(17-11-24)34-21-20-31-18-6-2-3-7-19-31/h4-5,8-10,12-16,33H,2-3,6-7,11,17-22H2,1H3. The van der Waals surface area contributed by atoms with E-state index in [4.69, 9.17) is 4.74 Å². The Morgan fingerprint density at radius 1 is 0.882 bits per heavy atom. The van der Waals surface area contributed by atoms with E-state index in [1.54, 1.807) is 12.1 Å². The number of allylic oxidation sites excluding steroid dienone is 4. The monoisotopic (exact) mass is 456 g/mol. The van der Waals surface area contributed by atoms with Gasteiger partial charge in [0, 0.05) is 30.4 Å². The van der Waals surface area contributed by atoms with Gasteiger partial charge in [-0.2, -0.15) is 0 Å². The average molecular weight is 457 g/mol. The molecule has 1 aromatic heterocycles. The minimum Gasteiger partial charge on any atom is -0.508 e. The second-order valence-corrected chi connectivity index (χ2v) is 9.69. The van der Waals surface area contributed by atoms with Crippen LogP contribution in [0.15, 0.2) is 72.0 Å². The molecule has 1 fully saturated rings. The summed E-state index contributed by atoms with van der Waals surface area (Å²) in [7, 11) is 0. The van der Waals surface area contributed by atoms with E-state index in [1.807, 2.05) is 12.1 Å². The molecule has 1 aliphatic carbocycles. The number of aryl methyl sites for hydroxylation is 1. The second kappa shape index (κ2) is 10.5. The summed E-state index contributed by atoms with van der Waals surface area (Å²) in [5, 5.41) is 11.1. The molecule has 3 aromatic rings. The largest absolute Gasteiger partial charge is 0.508 e. The molecule has 4 nitrogen and oxygen atoms in total. The molecule has 1 saturated heterocycles. The maximum atomic E-state index is 9.78. The van der Waals surface area contributed by atoms with E-state index in [1.165, 1.54) is 66.5 Å². The molecule has 2 aromatic carbocycles. The molecule has 2 aliphatic rings. The van der Waals surface area contributed by atoms with Crippen LogP contribution >= 0.6 is 0 Å². The van der Waals surface area contributed by atoms with Gasteiger partial charge in [0.15, 0.2) is 0 Å². The highest BCUT2D eigenvalue weighted by Crippen LogP contribution is 2.35. The molecule has 1 aliphatic heterocycles. The van der Waals surface area contributed by atoms with Crippen LogP contribution in [-0.2, 0) is 11.3 Å². The van der Waals surface area contributed by atoms with Crippen molar-refractivity contribution >= 4 is 10.9 Å². The zero-order valence-electron chi connectivity index (χ0n) is 20.3. The number of phenols is 1.